The maximum atomic E-state index is 10.4. The molecule has 1 heterocycles. The molecule has 0 spiro atoms. The molecule has 0 saturated carbocycles. The van der Waals surface area contributed by atoms with Gasteiger partial charge in [0.25, 0.3) is 0 Å². The second-order valence-corrected chi connectivity index (χ2v) is 3.55. The highest BCUT2D eigenvalue weighted by Gasteiger charge is 2.09. The molecule has 1 unspecified atom stereocenters. The molecule has 0 aliphatic heterocycles. The Morgan fingerprint density at radius 2 is 2.31 bits per heavy atom. The number of aliphatic carboxylic acids is 1. The largest absolute Gasteiger partial charge is 0.480 e. The summed E-state index contributed by atoms with van der Waals surface area (Å²) in [5, 5.41) is 11.7. The molecular weight excluding hydrogens is 206 g/mol. The molecule has 5 nitrogen and oxygen atoms in total. The van der Waals surface area contributed by atoms with Crippen molar-refractivity contribution in [1.82, 2.24) is 10.3 Å². The summed E-state index contributed by atoms with van der Waals surface area (Å²) in [5.74, 6) is -0.952. The van der Waals surface area contributed by atoms with Crippen molar-refractivity contribution in [2.75, 3.05) is 13.1 Å². The third-order valence-electron chi connectivity index (χ3n) is 2.23. The highest BCUT2D eigenvalue weighted by atomic mass is 16.4. The molecule has 0 aromatic carbocycles. The number of nitrogens with zero attached hydrogens (tertiary/aromatic N) is 1. The number of aromatic nitrogens is 1. The molecule has 0 aliphatic carbocycles. The number of pyridine rings is 1. The average molecular weight is 223 g/mol. The smallest absolute Gasteiger partial charge is 0.320 e. The summed E-state index contributed by atoms with van der Waals surface area (Å²) < 4.78 is 0. The van der Waals surface area contributed by atoms with Gasteiger partial charge in [0.05, 0.1) is 0 Å². The third-order valence-corrected chi connectivity index (χ3v) is 2.23. The Morgan fingerprint density at radius 1 is 1.50 bits per heavy atom. The minimum Gasteiger partial charge on any atom is -0.480 e. The highest BCUT2D eigenvalue weighted by Crippen LogP contribution is 1.93. The van der Waals surface area contributed by atoms with Crippen LogP contribution in [0.3, 0.4) is 0 Å². The fraction of sp³-hybridized carbons (Fsp3) is 0.455. The van der Waals surface area contributed by atoms with E-state index in [-0.39, 0.29) is 0 Å². The van der Waals surface area contributed by atoms with Gasteiger partial charge in [0.2, 0.25) is 0 Å². The molecule has 1 aromatic rings. The molecule has 0 fully saturated rings. The van der Waals surface area contributed by atoms with Gasteiger partial charge in [-0.15, -0.1) is 0 Å². The molecule has 0 radical (unpaired) electrons. The van der Waals surface area contributed by atoms with E-state index in [1.54, 1.807) is 6.20 Å². The lowest BCUT2D eigenvalue weighted by atomic mass is 10.2. The molecule has 5 heteroatoms. The van der Waals surface area contributed by atoms with Gasteiger partial charge >= 0.3 is 5.97 Å². The van der Waals surface area contributed by atoms with Gasteiger partial charge in [-0.3, -0.25) is 9.78 Å². The molecule has 16 heavy (non-hydrogen) atoms. The first kappa shape index (κ1) is 12.6. The second-order valence-electron chi connectivity index (χ2n) is 3.55. The predicted octanol–water partition coefficient (Wildman–Crippen LogP) is 0.0157. The van der Waals surface area contributed by atoms with E-state index >= 15 is 0 Å². The second kappa shape index (κ2) is 6.92. The van der Waals surface area contributed by atoms with Crippen molar-refractivity contribution in [3.05, 3.63) is 30.1 Å². The topological polar surface area (TPSA) is 88.2 Å². The lowest BCUT2D eigenvalue weighted by Gasteiger charge is -2.07. The quantitative estimate of drug-likeness (QED) is 0.567. The molecule has 1 rings (SSSR count). The SMILES string of the molecule is NC(CCNCCc1ccccn1)C(=O)O. The summed E-state index contributed by atoms with van der Waals surface area (Å²) in [6.07, 6.45) is 3.04. The van der Waals surface area contributed by atoms with Crippen LogP contribution < -0.4 is 11.1 Å². The molecule has 0 saturated heterocycles. The van der Waals surface area contributed by atoms with Crippen LogP contribution in [0.4, 0.5) is 0 Å². The van der Waals surface area contributed by atoms with E-state index in [9.17, 15) is 4.79 Å². The van der Waals surface area contributed by atoms with E-state index in [4.69, 9.17) is 10.8 Å². The Kier molecular flexibility index (Phi) is 5.45. The van der Waals surface area contributed by atoms with Gasteiger partial charge in [-0.05, 0) is 25.1 Å². The molecule has 88 valence electrons. The van der Waals surface area contributed by atoms with E-state index in [1.165, 1.54) is 0 Å². The first-order chi connectivity index (χ1) is 7.70. The van der Waals surface area contributed by atoms with Crippen LogP contribution in [0.5, 0.6) is 0 Å². The van der Waals surface area contributed by atoms with Gasteiger partial charge in [0.1, 0.15) is 6.04 Å². The summed E-state index contributed by atoms with van der Waals surface area (Å²) in [4.78, 5) is 14.6. The van der Waals surface area contributed by atoms with Gasteiger partial charge in [-0.1, -0.05) is 6.07 Å². The molecule has 1 aromatic heterocycles. The average Bonchev–Trinajstić information content (AvgIpc) is 2.29. The molecular formula is C11H17N3O2. The Hall–Kier alpha value is -1.46. The maximum Gasteiger partial charge on any atom is 0.320 e. The third kappa shape index (κ3) is 4.86. The fourth-order valence-corrected chi connectivity index (χ4v) is 1.27. The van der Waals surface area contributed by atoms with Crippen molar-refractivity contribution < 1.29 is 9.90 Å². The Morgan fingerprint density at radius 3 is 2.94 bits per heavy atom. The summed E-state index contributed by atoms with van der Waals surface area (Å²) in [5.41, 5.74) is 6.38. The Balaban J connectivity index is 2.07. The van der Waals surface area contributed by atoms with Crippen LogP contribution in [0.1, 0.15) is 12.1 Å². The van der Waals surface area contributed by atoms with E-state index in [0.29, 0.717) is 13.0 Å². The monoisotopic (exact) mass is 223 g/mol. The molecule has 0 amide bonds. The predicted molar refractivity (Wildman–Crippen MR) is 61.0 cm³/mol. The van der Waals surface area contributed by atoms with Crippen molar-refractivity contribution in [3.8, 4) is 0 Å². The molecule has 0 bridgehead atoms. The van der Waals surface area contributed by atoms with Gasteiger partial charge in [-0.25, -0.2) is 0 Å². The van der Waals surface area contributed by atoms with Crippen molar-refractivity contribution >= 4 is 5.97 Å². The van der Waals surface area contributed by atoms with Crippen LogP contribution in [0.2, 0.25) is 0 Å². The van der Waals surface area contributed by atoms with Gasteiger partial charge in [-0.2, -0.15) is 0 Å². The number of nitrogens with one attached hydrogen (secondary N) is 1. The van der Waals surface area contributed by atoms with Crippen molar-refractivity contribution in [3.63, 3.8) is 0 Å². The number of nitrogens with two attached hydrogens (primary N) is 1. The van der Waals surface area contributed by atoms with Crippen molar-refractivity contribution in [2.45, 2.75) is 18.9 Å². The van der Waals surface area contributed by atoms with Gasteiger partial charge < -0.3 is 16.2 Å². The highest BCUT2D eigenvalue weighted by molar-refractivity contribution is 5.72. The lowest BCUT2D eigenvalue weighted by molar-refractivity contribution is -0.138. The number of hydrogen-bond donors (Lipinski definition) is 3. The minimum absolute atomic E-state index is 0.442. The molecule has 0 aliphatic rings. The number of rotatable bonds is 7. The zero-order valence-electron chi connectivity index (χ0n) is 9.10. The van der Waals surface area contributed by atoms with E-state index < -0.39 is 12.0 Å². The summed E-state index contributed by atoms with van der Waals surface area (Å²) in [7, 11) is 0. The first-order valence-corrected chi connectivity index (χ1v) is 5.29. The van der Waals surface area contributed by atoms with Gasteiger partial charge in [0, 0.05) is 24.9 Å². The molecule has 4 N–H and O–H groups in total. The fourth-order valence-electron chi connectivity index (χ4n) is 1.27. The maximum absolute atomic E-state index is 10.4. The van der Waals surface area contributed by atoms with Gasteiger partial charge in [0.15, 0.2) is 0 Å². The van der Waals surface area contributed by atoms with E-state index in [0.717, 1.165) is 18.7 Å². The van der Waals surface area contributed by atoms with Crippen LogP contribution in [-0.2, 0) is 11.2 Å². The van der Waals surface area contributed by atoms with Crippen LogP contribution in [0.15, 0.2) is 24.4 Å². The number of carboxylic acid groups (broad SMARTS) is 1. The van der Waals surface area contributed by atoms with Crippen LogP contribution in [-0.4, -0.2) is 35.2 Å². The van der Waals surface area contributed by atoms with Crippen molar-refractivity contribution in [1.29, 1.82) is 0 Å². The summed E-state index contributed by atoms with van der Waals surface area (Å²) in [6.45, 7) is 1.39. The lowest BCUT2D eigenvalue weighted by Crippen LogP contribution is -2.34. The summed E-state index contributed by atoms with van der Waals surface area (Å²) >= 11 is 0. The Labute approximate surface area is 94.7 Å². The summed E-state index contributed by atoms with van der Waals surface area (Å²) in [6, 6.07) is 5.01. The normalized spacial score (nSPS) is 12.3. The van der Waals surface area contributed by atoms with Crippen LogP contribution in [0, 0.1) is 0 Å². The minimum atomic E-state index is -0.952. The van der Waals surface area contributed by atoms with Crippen LogP contribution in [0.25, 0.3) is 0 Å². The van der Waals surface area contributed by atoms with Crippen LogP contribution >= 0.6 is 0 Å². The Bertz CT molecular complexity index is 316. The zero-order chi connectivity index (χ0) is 11.8. The number of carbonyl (C=O) groups is 1. The van der Waals surface area contributed by atoms with Crippen molar-refractivity contribution in [2.24, 2.45) is 5.73 Å². The standard InChI is InChI=1S/C11H17N3O2/c12-10(11(15)16)5-8-13-7-4-9-3-1-2-6-14-9/h1-3,6,10,13H,4-5,7-8,12H2,(H,15,16). The number of carboxylic acids is 1. The molecule has 1 atom stereocenters. The van der Waals surface area contributed by atoms with E-state index in [2.05, 4.69) is 10.3 Å². The first-order valence-electron chi connectivity index (χ1n) is 5.29. The van der Waals surface area contributed by atoms with E-state index in [1.807, 2.05) is 18.2 Å². The number of hydrogen-bond acceptors (Lipinski definition) is 4. The zero-order valence-corrected chi connectivity index (χ0v) is 9.10.